The van der Waals surface area contributed by atoms with Crippen LogP contribution in [0.2, 0.25) is 0 Å². The minimum atomic E-state index is -0.533. The van der Waals surface area contributed by atoms with Gasteiger partial charge in [0, 0.05) is 11.6 Å². The van der Waals surface area contributed by atoms with E-state index in [9.17, 15) is 9.18 Å². The number of carbonyl (C=O) groups excluding carboxylic acids is 1. The number of nitrogens with zero attached hydrogens (tertiary/aromatic N) is 1. The highest BCUT2D eigenvalue weighted by Gasteiger charge is 2.14. The number of hydrogen-bond acceptors (Lipinski definition) is 3. The number of nitrogens with two attached hydrogens (primary N) is 1. The molecule has 2 N–H and O–H groups in total. The molecule has 1 aromatic heterocycles. The third-order valence-corrected chi connectivity index (χ3v) is 2.20. The molecule has 1 aromatic carbocycles. The van der Waals surface area contributed by atoms with E-state index in [1.54, 1.807) is 0 Å². The molecule has 0 saturated carbocycles. The van der Waals surface area contributed by atoms with Crippen molar-refractivity contribution >= 4 is 16.9 Å². The number of esters is 1. The summed E-state index contributed by atoms with van der Waals surface area (Å²) < 4.78 is 18.8. The molecule has 4 nitrogen and oxygen atoms in total. The lowest BCUT2D eigenvalue weighted by Gasteiger charge is -1.96. The first kappa shape index (κ1) is 9.51. The number of aromatic nitrogens is 1. The largest absolute Gasteiger partial charge is 0.465 e. The molecule has 2 rings (SSSR count). The Labute approximate surface area is 85.0 Å². The molecule has 0 aliphatic heterocycles. The van der Waals surface area contributed by atoms with Crippen LogP contribution in [0, 0.1) is 5.82 Å². The quantitative estimate of drug-likeness (QED) is 0.567. The predicted molar refractivity (Wildman–Crippen MR) is 53.4 cm³/mol. The van der Waals surface area contributed by atoms with Crippen molar-refractivity contribution in [2.24, 2.45) is 0 Å². The molecule has 0 saturated heterocycles. The molecule has 0 bridgehead atoms. The summed E-state index contributed by atoms with van der Waals surface area (Å²) in [5, 5.41) is 0.448. The third kappa shape index (κ3) is 1.41. The van der Waals surface area contributed by atoms with Crippen LogP contribution in [0.3, 0.4) is 0 Å². The lowest BCUT2D eigenvalue weighted by Crippen LogP contribution is -2.06. The molecule has 0 unspecified atom stereocenters. The summed E-state index contributed by atoms with van der Waals surface area (Å²) in [5.74, 6) is 4.66. The fourth-order valence-electron chi connectivity index (χ4n) is 1.50. The molecule has 0 radical (unpaired) electrons. The molecule has 78 valence electrons. The van der Waals surface area contributed by atoms with Crippen molar-refractivity contribution in [2.75, 3.05) is 13.0 Å². The zero-order chi connectivity index (χ0) is 11.0. The zero-order valence-electron chi connectivity index (χ0n) is 8.03. The fraction of sp³-hybridized carbons (Fsp3) is 0.100. The van der Waals surface area contributed by atoms with Gasteiger partial charge in [-0.05, 0) is 18.2 Å². The second-order valence-corrected chi connectivity index (χ2v) is 3.10. The van der Waals surface area contributed by atoms with E-state index < -0.39 is 11.8 Å². The van der Waals surface area contributed by atoms with Gasteiger partial charge in [0.2, 0.25) is 0 Å². The van der Waals surface area contributed by atoms with Crippen LogP contribution in [0.15, 0.2) is 24.4 Å². The van der Waals surface area contributed by atoms with Gasteiger partial charge >= 0.3 is 5.97 Å². The number of rotatable bonds is 1. The van der Waals surface area contributed by atoms with Crippen molar-refractivity contribution in [1.29, 1.82) is 0 Å². The number of carbonyl (C=O) groups is 1. The van der Waals surface area contributed by atoms with Crippen LogP contribution in [-0.2, 0) is 4.74 Å². The Hall–Kier alpha value is -2.04. The van der Waals surface area contributed by atoms with Crippen LogP contribution >= 0.6 is 0 Å². The van der Waals surface area contributed by atoms with Gasteiger partial charge in [-0.25, -0.2) is 9.18 Å². The first-order chi connectivity index (χ1) is 7.13. The number of benzene rings is 1. The van der Waals surface area contributed by atoms with Gasteiger partial charge in [0.25, 0.3) is 0 Å². The lowest BCUT2D eigenvalue weighted by atomic mass is 10.2. The van der Waals surface area contributed by atoms with Gasteiger partial charge in [0.15, 0.2) is 0 Å². The molecule has 15 heavy (non-hydrogen) atoms. The monoisotopic (exact) mass is 208 g/mol. The van der Waals surface area contributed by atoms with Gasteiger partial charge in [0.1, 0.15) is 5.82 Å². The van der Waals surface area contributed by atoms with Crippen LogP contribution in [0.5, 0.6) is 0 Å². The molecule has 0 spiro atoms. The lowest BCUT2D eigenvalue weighted by molar-refractivity contribution is 0.0603. The summed E-state index contributed by atoms with van der Waals surface area (Å²) >= 11 is 0. The van der Waals surface area contributed by atoms with Crippen molar-refractivity contribution in [1.82, 2.24) is 4.68 Å². The average Bonchev–Trinajstić information content (AvgIpc) is 2.54. The van der Waals surface area contributed by atoms with E-state index >= 15 is 0 Å². The van der Waals surface area contributed by atoms with E-state index in [0.29, 0.717) is 10.9 Å². The standard InChI is InChI=1S/C10H9FN2O2/c1-15-10(14)8-5-13(12)9-3-2-6(11)4-7(8)9/h2-5H,12H2,1H3. The van der Waals surface area contributed by atoms with Gasteiger partial charge in [-0.15, -0.1) is 0 Å². The molecular weight excluding hydrogens is 199 g/mol. The number of halogens is 1. The summed E-state index contributed by atoms with van der Waals surface area (Å²) in [4.78, 5) is 11.3. The first-order valence-corrected chi connectivity index (χ1v) is 4.27. The van der Waals surface area contributed by atoms with Crippen molar-refractivity contribution in [3.63, 3.8) is 0 Å². The summed E-state index contributed by atoms with van der Waals surface area (Å²) in [6.45, 7) is 0. The van der Waals surface area contributed by atoms with E-state index in [0.717, 1.165) is 0 Å². The number of methoxy groups -OCH3 is 1. The fourth-order valence-corrected chi connectivity index (χ4v) is 1.50. The Kier molecular flexibility index (Phi) is 2.07. The van der Waals surface area contributed by atoms with Gasteiger partial charge in [-0.2, -0.15) is 0 Å². The molecule has 1 heterocycles. The van der Waals surface area contributed by atoms with E-state index in [4.69, 9.17) is 5.84 Å². The Bertz CT molecular complexity index is 533. The first-order valence-electron chi connectivity index (χ1n) is 4.27. The molecule has 0 aliphatic carbocycles. The molecule has 0 atom stereocenters. The van der Waals surface area contributed by atoms with Crippen molar-refractivity contribution in [2.45, 2.75) is 0 Å². The predicted octanol–water partition coefficient (Wildman–Crippen LogP) is 1.28. The average molecular weight is 208 g/mol. The Morgan fingerprint density at radius 3 is 2.93 bits per heavy atom. The maximum Gasteiger partial charge on any atom is 0.340 e. The Balaban J connectivity index is 2.75. The van der Waals surface area contributed by atoms with Crippen LogP contribution < -0.4 is 5.84 Å². The number of hydrogen-bond donors (Lipinski definition) is 1. The number of nitrogen functional groups attached to an aromatic ring is 1. The highest BCUT2D eigenvalue weighted by Crippen LogP contribution is 2.21. The van der Waals surface area contributed by atoms with E-state index in [1.807, 2.05) is 0 Å². The highest BCUT2D eigenvalue weighted by atomic mass is 19.1. The van der Waals surface area contributed by atoms with Crippen LogP contribution in [0.25, 0.3) is 10.9 Å². The summed E-state index contributed by atoms with van der Waals surface area (Å²) in [6, 6.07) is 4.05. The number of fused-ring (bicyclic) bond motifs is 1. The third-order valence-electron chi connectivity index (χ3n) is 2.20. The molecule has 2 aromatic rings. The Morgan fingerprint density at radius 1 is 1.53 bits per heavy atom. The van der Waals surface area contributed by atoms with Crippen LogP contribution in [-0.4, -0.2) is 17.8 Å². The van der Waals surface area contributed by atoms with E-state index in [-0.39, 0.29) is 5.56 Å². The topological polar surface area (TPSA) is 57.2 Å². The minimum Gasteiger partial charge on any atom is -0.465 e. The van der Waals surface area contributed by atoms with Crippen LogP contribution in [0.4, 0.5) is 4.39 Å². The van der Waals surface area contributed by atoms with Gasteiger partial charge in [-0.1, -0.05) is 0 Å². The normalized spacial score (nSPS) is 10.5. The van der Waals surface area contributed by atoms with E-state index in [2.05, 4.69) is 4.74 Å². The second kappa shape index (κ2) is 3.27. The maximum absolute atomic E-state index is 13.0. The molecule has 0 aliphatic rings. The second-order valence-electron chi connectivity index (χ2n) is 3.10. The zero-order valence-corrected chi connectivity index (χ0v) is 8.03. The number of ether oxygens (including phenoxy) is 1. The van der Waals surface area contributed by atoms with Gasteiger partial charge < -0.3 is 10.6 Å². The SMILES string of the molecule is COC(=O)c1cn(N)c2ccc(F)cc12. The maximum atomic E-state index is 13.0. The molecule has 0 amide bonds. The summed E-state index contributed by atoms with van der Waals surface area (Å²) in [6.07, 6.45) is 1.41. The minimum absolute atomic E-state index is 0.259. The smallest absolute Gasteiger partial charge is 0.340 e. The summed E-state index contributed by atoms with van der Waals surface area (Å²) in [5.41, 5.74) is 0.839. The van der Waals surface area contributed by atoms with Gasteiger partial charge in [0.05, 0.1) is 18.2 Å². The molecule has 0 fully saturated rings. The van der Waals surface area contributed by atoms with Crippen molar-refractivity contribution < 1.29 is 13.9 Å². The van der Waals surface area contributed by atoms with E-state index in [1.165, 1.54) is 36.2 Å². The molecule has 5 heteroatoms. The van der Waals surface area contributed by atoms with Crippen molar-refractivity contribution in [3.8, 4) is 0 Å². The Morgan fingerprint density at radius 2 is 2.27 bits per heavy atom. The highest BCUT2D eigenvalue weighted by molar-refractivity contribution is 6.04. The van der Waals surface area contributed by atoms with Crippen molar-refractivity contribution in [3.05, 3.63) is 35.8 Å². The van der Waals surface area contributed by atoms with Crippen LogP contribution in [0.1, 0.15) is 10.4 Å². The molecular formula is C10H9FN2O2. The van der Waals surface area contributed by atoms with Gasteiger partial charge in [-0.3, -0.25) is 4.68 Å². The summed E-state index contributed by atoms with van der Waals surface area (Å²) in [7, 11) is 1.27.